The van der Waals surface area contributed by atoms with E-state index in [2.05, 4.69) is 40.1 Å². The number of rotatable bonds is 4. The fraction of sp³-hybridized carbons (Fsp3) is 0.583. The van der Waals surface area contributed by atoms with Crippen LogP contribution in [-0.2, 0) is 0 Å². The van der Waals surface area contributed by atoms with Crippen LogP contribution in [0.3, 0.4) is 0 Å². The third kappa shape index (κ3) is 2.33. The van der Waals surface area contributed by atoms with E-state index in [1.54, 1.807) is 0 Å². The second-order valence-electron chi connectivity index (χ2n) is 4.73. The van der Waals surface area contributed by atoms with Gasteiger partial charge >= 0.3 is 0 Å². The highest BCUT2D eigenvalue weighted by Crippen LogP contribution is 2.51. The molecular weight excluding hydrogens is 252 g/mol. The van der Waals surface area contributed by atoms with Crippen molar-refractivity contribution in [1.82, 2.24) is 4.98 Å². The first-order valence-electron chi connectivity index (χ1n) is 5.47. The summed E-state index contributed by atoms with van der Waals surface area (Å²) >= 11 is 3.50. The van der Waals surface area contributed by atoms with Crippen molar-refractivity contribution in [3.8, 4) is 0 Å². The molecule has 1 aliphatic carbocycles. The minimum absolute atomic E-state index is 0.544. The summed E-state index contributed by atoms with van der Waals surface area (Å²) < 4.78 is 1.05. The zero-order valence-corrected chi connectivity index (χ0v) is 10.8. The van der Waals surface area contributed by atoms with Crippen LogP contribution in [0.2, 0.25) is 0 Å². The predicted octanol–water partition coefficient (Wildman–Crippen LogP) is 3.69. The Morgan fingerprint density at radius 1 is 1.53 bits per heavy atom. The van der Waals surface area contributed by atoms with Crippen LogP contribution in [0.15, 0.2) is 22.9 Å². The van der Waals surface area contributed by atoms with E-state index in [-0.39, 0.29) is 0 Å². The average molecular weight is 269 g/mol. The molecule has 1 aliphatic rings. The van der Waals surface area contributed by atoms with Gasteiger partial charge in [0.05, 0.1) is 10.2 Å². The molecule has 0 saturated heterocycles. The molecule has 1 aromatic heterocycles. The minimum Gasteiger partial charge on any atom is -0.383 e. The van der Waals surface area contributed by atoms with Crippen molar-refractivity contribution < 1.29 is 0 Å². The maximum Gasteiger partial charge on any atom is 0.0590 e. The zero-order valence-electron chi connectivity index (χ0n) is 9.26. The molecule has 1 aromatic rings. The molecule has 1 fully saturated rings. The molecule has 0 radical (unpaired) electrons. The summed E-state index contributed by atoms with van der Waals surface area (Å²) in [4.78, 5) is 4.05. The Hall–Kier alpha value is -0.570. The van der Waals surface area contributed by atoms with Crippen LogP contribution in [0, 0.1) is 11.3 Å². The Kier molecular flexibility index (Phi) is 3.01. The lowest BCUT2D eigenvalue weighted by atomic mass is 9.92. The molecule has 15 heavy (non-hydrogen) atoms. The van der Waals surface area contributed by atoms with Gasteiger partial charge in [-0.05, 0) is 46.2 Å². The summed E-state index contributed by atoms with van der Waals surface area (Å²) in [6.07, 6.45) is 6.38. The Balaban J connectivity index is 1.97. The van der Waals surface area contributed by atoms with Crippen molar-refractivity contribution >= 4 is 21.6 Å². The highest BCUT2D eigenvalue weighted by molar-refractivity contribution is 9.10. The number of halogens is 1. The van der Waals surface area contributed by atoms with E-state index in [0.717, 1.165) is 22.6 Å². The van der Waals surface area contributed by atoms with Gasteiger partial charge in [-0.15, -0.1) is 0 Å². The van der Waals surface area contributed by atoms with Gasteiger partial charge in [0.15, 0.2) is 0 Å². The van der Waals surface area contributed by atoms with Gasteiger partial charge in [-0.2, -0.15) is 0 Å². The minimum atomic E-state index is 0.544. The predicted molar refractivity (Wildman–Crippen MR) is 66.9 cm³/mol. The van der Waals surface area contributed by atoms with Gasteiger partial charge in [0, 0.05) is 18.9 Å². The van der Waals surface area contributed by atoms with Crippen molar-refractivity contribution in [3.05, 3.63) is 22.9 Å². The van der Waals surface area contributed by atoms with Gasteiger partial charge < -0.3 is 5.32 Å². The highest BCUT2D eigenvalue weighted by Gasteiger charge is 2.44. The molecule has 0 unspecified atom stereocenters. The summed E-state index contributed by atoms with van der Waals surface area (Å²) in [5.41, 5.74) is 1.69. The molecule has 2 rings (SSSR count). The van der Waals surface area contributed by atoms with Crippen molar-refractivity contribution in [1.29, 1.82) is 0 Å². The quantitative estimate of drug-likeness (QED) is 0.901. The van der Waals surface area contributed by atoms with Crippen LogP contribution in [0.1, 0.15) is 26.7 Å². The first kappa shape index (κ1) is 10.9. The molecule has 0 atom stereocenters. The van der Waals surface area contributed by atoms with Gasteiger partial charge in [-0.1, -0.05) is 13.8 Å². The molecule has 2 nitrogen and oxygen atoms in total. The number of hydrogen-bond acceptors (Lipinski definition) is 2. The lowest BCUT2D eigenvalue weighted by molar-refractivity contribution is 0.380. The number of hydrogen-bond donors (Lipinski definition) is 1. The van der Waals surface area contributed by atoms with Crippen LogP contribution < -0.4 is 5.32 Å². The summed E-state index contributed by atoms with van der Waals surface area (Å²) in [5.74, 6) is 0.769. The molecule has 1 heterocycles. The van der Waals surface area contributed by atoms with E-state index in [4.69, 9.17) is 0 Å². The molecule has 0 spiro atoms. The number of nitrogens with zero attached hydrogens (tertiary/aromatic N) is 1. The standard InChI is InChI=1S/C12H17BrN2/c1-9(2)12(4-5-12)8-15-11-3-6-14-7-10(11)13/h3,6-7,9H,4-5,8H2,1-2H3,(H,14,15). The van der Waals surface area contributed by atoms with Crippen LogP contribution in [0.5, 0.6) is 0 Å². The Bertz CT molecular complexity index is 345. The largest absolute Gasteiger partial charge is 0.383 e. The Morgan fingerprint density at radius 2 is 2.27 bits per heavy atom. The number of aromatic nitrogens is 1. The number of anilines is 1. The second-order valence-corrected chi connectivity index (χ2v) is 5.58. The Morgan fingerprint density at radius 3 is 2.80 bits per heavy atom. The maximum atomic E-state index is 4.05. The van der Waals surface area contributed by atoms with Gasteiger partial charge in [0.1, 0.15) is 0 Å². The van der Waals surface area contributed by atoms with E-state index in [9.17, 15) is 0 Å². The van der Waals surface area contributed by atoms with Crippen molar-refractivity contribution in [3.63, 3.8) is 0 Å². The Labute approximate surface area is 99.6 Å². The molecule has 3 heteroatoms. The maximum absolute atomic E-state index is 4.05. The van der Waals surface area contributed by atoms with Crippen molar-refractivity contribution in [2.24, 2.45) is 11.3 Å². The van der Waals surface area contributed by atoms with E-state index in [1.807, 2.05) is 18.5 Å². The molecule has 0 bridgehead atoms. The SMILES string of the molecule is CC(C)C1(CNc2ccncc2Br)CC1. The number of nitrogens with one attached hydrogen (secondary N) is 1. The second kappa shape index (κ2) is 4.12. The molecule has 0 aliphatic heterocycles. The number of pyridine rings is 1. The normalized spacial score (nSPS) is 17.9. The average Bonchev–Trinajstić information content (AvgIpc) is 2.98. The van der Waals surface area contributed by atoms with Crippen LogP contribution >= 0.6 is 15.9 Å². The van der Waals surface area contributed by atoms with Gasteiger partial charge in [-0.25, -0.2) is 0 Å². The van der Waals surface area contributed by atoms with Crippen LogP contribution in [0.4, 0.5) is 5.69 Å². The molecular formula is C12H17BrN2. The van der Waals surface area contributed by atoms with E-state index < -0.39 is 0 Å². The van der Waals surface area contributed by atoms with Gasteiger partial charge in [-0.3, -0.25) is 4.98 Å². The van der Waals surface area contributed by atoms with E-state index >= 15 is 0 Å². The van der Waals surface area contributed by atoms with Gasteiger partial charge in [0.2, 0.25) is 0 Å². The molecule has 82 valence electrons. The summed E-state index contributed by atoms with van der Waals surface area (Å²) in [6, 6.07) is 2.01. The molecule has 0 aromatic carbocycles. The third-order valence-electron chi connectivity index (χ3n) is 3.52. The lowest BCUT2D eigenvalue weighted by Crippen LogP contribution is -2.21. The van der Waals surface area contributed by atoms with E-state index in [1.165, 1.54) is 12.8 Å². The lowest BCUT2D eigenvalue weighted by Gasteiger charge is -2.21. The van der Waals surface area contributed by atoms with Crippen molar-refractivity contribution in [2.75, 3.05) is 11.9 Å². The smallest absolute Gasteiger partial charge is 0.0590 e. The molecule has 1 saturated carbocycles. The molecule has 1 N–H and O–H groups in total. The molecule has 0 amide bonds. The fourth-order valence-electron chi connectivity index (χ4n) is 1.91. The topological polar surface area (TPSA) is 24.9 Å². The van der Waals surface area contributed by atoms with Gasteiger partial charge in [0.25, 0.3) is 0 Å². The summed E-state index contributed by atoms with van der Waals surface area (Å²) in [5, 5.41) is 3.51. The van der Waals surface area contributed by atoms with E-state index in [0.29, 0.717) is 5.41 Å². The first-order chi connectivity index (χ1) is 7.14. The van der Waals surface area contributed by atoms with Crippen LogP contribution in [-0.4, -0.2) is 11.5 Å². The monoisotopic (exact) mass is 268 g/mol. The summed E-state index contributed by atoms with van der Waals surface area (Å²) in [7, 11) is 0. The summed E-state index contributed by atoms with van der Waals surface area (Å²) in [6.45, 7) is 5.71. The fourth-order valence-corrected chi connectivity index (χ4v) is 2.30. The zero-order chi connectivity index (χ0) is 10.9. The first-order valence-corrected chi connectivity index (χ1v) is 6.27. The third-order valence-corrected chi connectivity index (χ3v) is 4.15. The van der Waals surface area contributed by atoms with Crippen LogP contribution in [0.25, 0.3) is 0 Å². The van der Waals surface area contributed by atoms with Crippen molar-refractivity contribution in [2.45, 2.75) is 26.7 Å². The highest BCUT2D eigenvalue weighted by atomic mass is 79.9.